The maximum atomic E-state index is 13.6. The van der Waals surface area contributed by atoms with Gasteiger partial charge in [0.05, 0.1) is 40.3 Å². The van der Waals surface area contributed by atoms with Gasteiger partial charge in [-0.15, -0.1) is 0 Å². The monoisotopic (exact) mass is 627 g/mol. The van der Waals surface area contributed by atoms with E-state index in [-0.39, 0.29) is 27.8 Å². The third kappa shape index (κ3) is 7.55. The van der Waals surface area contributed by atoms with E-state index < -0.39 is 72.9 Å². The van der Waals surface area contributed by atoms with Crippen molar-refractivity contribution in [3.05, 3.63) is 83.0 Å². The molecule has 0 radical (unpaired) electrons. The van der Waals surface area contributed by atoms with E-state index in [1.807, 2.05) is 0 Å². The van der Waals surface area contributed by atoms with E-state index in [1.165, 1.54) is 47.4 Å². The molecule has 43 heavy (non-hydrogen) atoms. The third-order valence-electron chi connectivity index (χ3n) is 6.82. The normalized spacial score (nSPS) is 16.9. The van der Waals surface area contributed by atoms with Gasteiger partial charge in [-0.25, -0.2) is 4.98 Å². The smallest absolute Gasteiger partial charge is 0.369 e. The van der Waals surface area contributed by atoms with Gasteiger partial charge in [0.2, 0.25) is 17.7 Å². The summed E-state index contributed by atoms with van der Waals surface area (Å²) in [5.74, 6) is -6.39. The zero-order valence-corrected chi connectivity index (χ0v) is 22.8. The number of amides is 3. The number of nitrogens with zero attached hydrogens (tertiary/aromatic N) is 2. The van der Waals surface area contributed by atoms with E-state index in [2.05, 4.69) is 15.6 Å². The molecule has 0 fully saturated rings. The van der Waals surface area contributed by atoms with Gasteiger partial charge in [-0.05, 0) is 36.2 Å². The van der Waals surface area contributed by atoms with Crippen LogP contribution in [0.2, 0.25) is 5.02 Å². The lowest BCUT2D eigenvalue weighted by Crippen LogP contribution is -2.51. The molecule has 4 rings (SSSR count). The molecule has 0 saturated heterocycles. The lowest BCUT2D eigenvalue weighted by Gasteiger charge is -2.29. The average Bonchev–Trinajstić information content (AvgIpc) is 3.07. The van der Waals surface area contributed by atoms with E-state index in [0.717, 1.165) is 18.3 Å². The number of aromatic nitrogens is 1. The Bertz CT molecular complexity index is 1500. The van der Waals surface area contributed by atoms with Crippen LogP contribution in [-0.2, 0) is 20.6 Å². The number of primary amides is 1. The summed E-state index contributed by atoms with van der Waals surface area (Å²) in [6, 6.07) is 11.8. The summed E-state index contributed by atoms with van der Waals surface area (Å²) in [6.07, 6.45) is -10.8. The molecule has 0 spiro atoms. The Morgan fingerprint density at radius 3 is 2.40 bits per heavy atom. The van der Waals surface area contributed by atoms with E-state index in [9.17, 15) is 40.7 Å². The first kappa shape index (κ1) is 31.6. The van der Waals surface area contributed by atoms with Crippen LogP contribution < -0.4 is 21.3 Å². The van der Waals surface area contributed by atoms with Crippen molar-refractivity contribution in [2.75, 3.05) is 16.8 Å². The Hall–Kier alpha value is -4.33. The summed E-state index contributed by atoms with van der Waals surface area (Å²) in [7, 11) is 0. The number of nitrogens with two attached hydrogens (primary N) is 1. The van der Waals surface area contributed by atoms with Crippen LogP contribution in [0.3, 0.4) is 0 Å². The number of nitrogens with one attached hydrogen (secondary N) is 2. The van der Waals surface area contributed by atoms with E-state index >= 15 is 0 Å². The molecule has 1 aliphatic heterocycles. The van der Waals surface area contributed by atoms with Gasteiger partial charge in [0.25, 0.3) is 0 Å². The first-order chi connectivity index (χ1) is 20.2. The van der Waals surface area contributed by atoms with Crippen molar-refractivity contribution in [3.63, 3.8) is 0 Å². The number of carbonyl (C=O) groups excluding carboxylic acids is 3. The average molecular weight is 628 g/mol. The maximum Gasteiger partial charge on any atom is 0.416 e. The number of rotatable bonds is 8. The first-order valence-electron chi connectivity index (χ1n) is 12.8. The topological polar surface area (TPSA) is 117 Å². The van der Waals surface area contributed by atoms with E-state index in [4.69, 9.17) is 17.3 Å². The SMILES string of the molecule is NC(=O)C(c1ccccc1)C(CCC(F)(F)F)C(=O)N[C@H]1CN(c2cc(C(F)(F)F)ccn2)c2cccc(Cl)c2NC1=O. The molecule has 3 aromatic rings. The molecule has 1 aliphatic rings. The molecule has 3 amide bonds. The summed E-state index contributed by atoms with van der Waals surface area (Å²) in [5, 5.41) is 4.93. The molecule has 0 saturated carbocycles. The fourth-order valence-corrected chi connectivity index (χ4v) is 5.03. The van der Waals surface area contributed by atoms with Crippen molar-refractivity contribution in [2.24, 2.45) is 11.7 Å². The molecule has 15 heteroatoms. The summed E-state index contributed by atoms with van der Waals surface area (Å²) in [4.78, 5) is 44.6. The maximum absolute atomic E-state index is 13.6. The van der Waals surface area contributed by atoms with Crippen LogP contribution in [0.4, 0.5) is 43.5 Å². The zero-order valence-electron chi connectivity index (χ0n) is 22.0. The van der Waals surface area contributed by atoms with Gasteiger partial charge >= 0.3 is 12.4 Å². The fraction of sp³-hybridized carbons (Fsp3) is 0.286. The quantitative estimate of drug-likeness (QED) is 0.283. The number of halogens is 7. The van der Waals surface area contributed by atoms with Crippen LogP contribution in [0.25, 0.3) is 0 Å². The molecule has 4 N–H and O–H groups in total. The number of carbonyl (C=O) groups is 3. The van der Waals surface area contributed by atoms with Crippen LogP contribution in [-0.4, -0.2) is 41.5 Å². The zero-order chi connectivity index (χ0) is 31.5. The Balaban J connectivity index is 1.73. The first-order valence-corrected chi connectivity index (χ1v) is 13.1. The van der Waals surface area contributed by atoms with Crippen molar-refractivity contribution in [1.29, 1.82) is 0 Å². The van der Waals surface area contributed by atoms with Crippen molar-refractivity contribution in [2.45, 2.75) is 37.2 Å². The minimum atomic E-state index is -4.73. The predicted octanol–water partition coefficient (Wildman–Crippen LogP) is 5.56. The van der Waals surface area contributed by atoms with Crippen molar-refractivity contribution in [1.82, 2.24) is 10.3 Å². The highest BCUT2D eigenvalue weighted by atomic mass is 35.5. The van der Waals surface area contributed by atoms with E-state index in [1.54, 1.807) is 6.07 Å². The lowest BCUT2D eigenvalue weighted by atomic mass is 9.81. The highest BCUT2D eigenvalue weighted by Crippen LogP contribution is 2.40. The number of hydrogen-bond donors (Lipinski definition) is 3. The van der Waals surface area contributed by atoms with Crippen LogP contribution in [0.15, 0.2) is 66.9 Å². The molecule has 8 nitrogen and oxygen atoms in total. The molecule has 2 heterocycles. The number of para-hydroxylation sites is 1. The second-order valence-electron chi connectivity index (χ2n) is 9.75. The molecule has 0 bridgehead atoms. The van der Waals surface area contributed by atoms with Crippen molar-refractivity contribution in [3.8, 4) is 0 Å². The number of hydrogen-bond acceptors (Lipinski definition) is 5. The van der Waals surface area contributed by atoms with Gasteiger partial charge in [-0.2, -0.15) is 26.3 Å². The molecule has 2 aromatic carbocycles. The van der Waals surface area contributed by atoms with Gasteiger partial charge in [0.1, 0.15) is 11.9 Å². The van der Waals surface area contributed by atoms with Crippen molar-refractivity contribution < 1.29 is 40.7 Å². The van der Waals surface area contributed by atoms with E-state index in [0.29, 0.717) is 0 Å². The van der Waals surface area contributed by atoms with Gasteiger partial charge in [-0.1, -0.05) is 48.0 Å². The third-order valence-corrected chi connectivity index (χ3v) is 7.14. The van der Waals surface area contributed by atoms with Gasteiger partial charge in [0.15, 0.2) is 0 Å². The number of alkyl halides is 6. The van der Waals surface area contributed by atoms with Crippen LogP contribution in [0, 0.1) is 5.92 Å². The second kappa shape index (κ2) is 12.5. The minimum Gasteiger partial charge on any atom is -0.369 e. The standard InChI is InChI=1S/C28H24ClF6N5O3/c29-18-7-4-8-20-23(18)39-26(43)19(14-40(20)21-13-16(10-12-37-21)28(33,34)35)38-25(42)17(9-11-27(30,31)32)22(24(36)41)15-5-2-1-3-6-15/h1-8,10,12-13,17,19,22H,9,11,14H2,(H2,36,41)(H,38,42)(H,39,43)/t17?,19-,22?/m0/s1. The van der Waals surface area contributed by atoms with Crippen LogP contribution in [0.5, 0.6) is 0 Å². The molecular weight excluding hydrogens is 604 g/mol. The molecule has 1 aromatic heterocycles. The van der Waals surface area contributed by atoms with Gasteiger partial charge < -0.3 is 21.3 Å². The van der Waals surface area contributed by atoms with Crippen LogP contribution >= 0.6 is 11.6 Å². The van der Waals surface area contributed by atoms with Crippen LogP contribution in [0.1, 0.15) is 29.9 Å². The van der Waals surface area contributed by atoms with Crippen molar-refractivity contribution >= 4 is 46.5 Å². The van der Waals surface area contributed by atoms with Gasteiger partial charge in [0, 0.05) is 12.6 Å². The molecule has 0 aliphatic carbocycles. The summed E-state index contributed by atoms with van der Waals surface area (Å²) < 4.78 is 80.3. The fourth-order valence-electron chi connectivity index (χ4n) is 4.81. The second-order valence-corrected chi connectivity index (χ2v) is 10.2. The Morgan fingerprint density at radius 1 is 1.07 bits per heavy atom. The predicted molar refractivity (Wildman–Crippen MR) is 145 cm³/mol. The molecule has 2 unspecified atom stereocenters. The Labute approximate surface area is 246 Å². The Kier molecular flexibility index (Phi) is 9.18. The number of pyridine rings is 1. The molecule has 3 atom stereocenters. The highest BCUT2D eigenvalue weighted by molar-refractivity contribution is 6.34. The Morgan fingerprint density at radius 2 is 1.77 bits per heavy atom. The summed E-state index contributed by atoms with van der Waals surface area (Å²) in [5.41, 5.74) is 4.87. The summed E-state index contributed by atoms with van der Waals surface area (Å²) in [6.45, 7) is -0.488. The summed E-state index contributed by atoms with van der Waals surface area (Å²) >= 11 is 6.28. The number of benzene rings is 2. The molecule has 228 valence electrons. The highest BCUT2D eigenvalue weighted by Gasteiger charge is 2.40. The van der Waals surface area contributed by atoms with Gasteiger partial charge in [-0.3, -0.25) is 14.4 Å². The molecular formula is C28H24ClF6N5O3. The number of anilines is 3. The largest absolute Gasteiger partial charge is 0.416 e. The minimum absolute atomic E-state index is 0.0121. The lowest BCUT2D eigenvalue weighted by molar-refractivity contribution is -0.144. The number of fused-ring (bicyclic) bond motifs is 1.